The Kier molecular flexibility index (Phi) is 6.96. The van der Waals surface area contributed by atoms with Gasteiger partial charge < -0.3 is 20.1 Å². The summed E-state index contributed by atoms with van der Waals surface area (Å²) in [6.07, 6.45) is -1.57. The van der Waals surface area contributed by atoms with Crippen LogP contribution >= 0.6 is 11.6 Å². The van der Waals surface area contributed by atoms with E-state index in [1.165, 1.54) is 11.0 Å². The van der Waals surface area contributed by atoms with Gasteiger partial charge in [0.25, 0.3) is 6.43 Å². The third kappa shape index (κ3) is 4.88. The summed E-state index contributed by atoms with van der Waals surface area (Å²) < 4.78 is 39.8. The molecule has 3 aromatic rings. The highest BCUT2D eigenvalue weighted by atomic mass is 35.5. The predicted molar refractivity (Wildman–Crippen MR) is 132 cm³/mol. The van der Waals surface area contributed by atoms with Crippen molar-refractivity contribution in [2.45, 2.75) is 58.6 Å². The van der Waals surface area contributed by atoms with Gasteiger partial charge in [-0.2, -0.15) is 5.10 Å². The monoisotopic (exact) mass is 522 g/mol. The Labute approximate surface area is 212 Å². The number of benzene rings is 1. The first kappa shape index (κ1) is 25.9. The number of amides is 1. The van der Waals surface area contributed by atoms with Gasteiger partial charge in [0, 0.05) is 36.1 Å². The van der Waals surface area contributed by atoms with Crippen LogP contribution in [0, 0.1) is 6.92 Å². The highest BCUT2D eigenvalue weighted by molar-refractivity contribution is 6.31. The molecule has 3 heterocycles. The zero-order chi connectivity index (χ0) is 26.4. The Bertz CT molecular complexity index is 1300. The molecule has 9 nitrogen and oxygen atoms in total. The van der Waals surface area contributed by atoms with E-state index < -0.39 is 17.7 Å². The summed E-state index contributed by atoms with van der Waals surface area (Å²) >= 11 is 6.58. The lowest BCUT2D eigenvalue weighted by Crippen LogP contribution is -2.50. The van der Waals surface area contributed by atoms with Gasteiger partial charge in [-0.25, -0.2) is 28.2 Å². The van der Waals surface area contributed by atoms with Crippen LogP contribution < -0.4 is 10.5 Å². The van der Waals surface area contributed by atoms with Crippen molar-refractivity contribution in [2.24, 2.45) is 0 Å². The summed E-state index contributed by atoms with van der Waals surface area (Å²) in [4.78, 5) is 22.0. The van der Waals surface area contributed by atoms with Crippen LogP contribution in [0.5, 0.6) is 5.75 Å². The first-order chi connectivity index (χ1) is 16.9. The van der Waals surface area contributed by atoms with Crippen molar-refractivity contribution in [3.8, 4) is 5.75 Å². The molecule has 1 fully saturated rings. The number of aromatic nitrogens is 4. The average Bonchev–Trinajstić information content (AvgIpc) is 3.13. The van der Waals surface area contributed by atoms with E-state index in [2.05, 4.69) is 15.1 Å². The molecule has 1 aliphatic rings. The third-order valence-corrected chi connectivity index (χ3v) is 6.52. The average molecular weight is 523 g/mol. The zero-order valence-electron chi connectivity index (χ0n) is 20.8. The van der Waals surface area contributed by atoms with Crippen molar-refractivity contribution in [3.63, 3.8) is 0 Å². The minimum Gasteiger partial charge on any atom is -0.496 e. The van der Waals surface area contributed by atoms with E-state index in [0.29, 0.717) is 30.3 Å². The molecule has 0 bridgehead atoms. The largest absolute Gasteiger partial charge is 0.496 e. The Hall–Kier alpha value is -3.21. The van der Waals surface area contributed by atoms with Crippen LogP contribution in [0.2, 0.25) is 5.02 Å². The molecule has 0 saturated carbocycles. The normalized spacial score (nSPS) is 14.4. The molecule has 1 aromatic carbocycles. The number of hydrogen-bond donors (Lipinski definition) is 1. The van der Waals surface area contributed by atoms with Gasteiger partial charge >= 0.3 is 6.09 Å². The van der Waals surface area contributed by atoms with Gasteiger partial charge in [-0.15, -0.1) is 0 Å². The summed E-state index contributed by atoms with van der Waals surface area (Å²) in [5, 5.41) is 4.67. The number of aryl methyl sites for hydroxylation is 2. The number of carbonyl (C=O) groups is 1. The predicted octanol–water partition coefficient (Wildman–Crippen LogP) is 4.89. The number of alkyl halides is 2. The lowest BCUT2D eigenvalue weighted by atomic mass is 9.86. The van der Waals surface area contributed by atoms with Gasteiger partial charge in [-0.3, -0.25) is 0 Å². The van der Waals surface area contributed by atoms with E-state index in [1.54, 1.807) is 12.0 Å². The summed E-state index contributed by atoms with van der Waals surface area (Å²) in [7, 11) is 1.58. The Balaban J connectivity index is 1.60. The number of fused-ring (bicyclic) bond motifs is 1. The van der Waals surface area contributed by atoms with Gasteiger partial charge in [0.15, 0.2) is 5.65 Å². The number of nitrogens with zero attached hydrogens (tertiary/aromatic N) is 5. The Morgan fingerprint density at radius 1 is 1.31 bits per heavy atom. The highest BCUT2D eigenvalue weighted by Gasteiger charge is 2.37. The van der Waals surface area contributed by atoms with Gasteiger partial charge in [-0.1, -0.05) is 11.6 Å². The van der Waals surface area contributed by atoms with Crippen LogP contribution in [0.4, 0.5) is 19.4 Å². The van der Waals surface area contributed by atoms with E-state index in [4.69, 9.17) is 26.8 Å². The van der Waals surface area contributed by atoms with E-state index in [-0.39, 0.29) is 35.4 Å². The molecule has 36 heavy (non-hydrogen) atoms. The van der Waals surface area contributed by atoms with Crippen molar-refractivity contribution in [1.82, 2.24) is 24.6 Å². The van der Waals surface area contributed by atoms with Crippen molar-refractivity contribution in [2.75, 3.05) is 25.9 Å². The summed E-state index contributed by atoms with van der Waals surface area (Å²) in [5.74, 6) is 0.637. The molecule has 1 amide bonds. The van der Waals surface area contributed by atoms with E-state index >= 15 is 0 Å². The lowest BCUT2D eigenvalue weighted by molar-refractivity contribution is 0.00794. The van der Waals surface area contributed by atoms with E-state index in [9.17, 15) is 13.6 Å². The molecule has 2 aromatic heterocycles. The Morgan fingerprint density at radius 2 is 2.00 bits per heavy atom. The number of halogens is 3. The molecule has 0 atom stereocenters. The van der Waals surface area contributed by atoms with Gasteiger partial charge in [0.2, 0.25) is 0 Å². The molecule has 12 heteroatoms. The fourth-order valence-corrected chi connectivity index (χ4v) is 4.68. The number of rotatable bonds is 6. The third-order valence-electron chi connectivity index (χ3n) is 6.13. The van der Waals surface area contributed by atoms with Crippen molar-refractivity contribution < 1.29 is 23.0 Å². The van der Waals surface area contributed by atoms with E-state index in [1.807, 2.05) is 33.8 Å². The second-order valence-electron chi connectivity index (χ2n) is 9.79. The Morgan fingerprint density at radius 3 is 2.61 bits per heavy atom. The quantitative estimate of drug-likeness (QED) is 0.490. The van der Waals surface area contributed by atoms with Crippen molar-refractivity contribution >= 4 is 34.5 Å². The number of methoxy groups -OCH3 is 1. The number of hydrogen-bond acceptors (Lipinski definition) is 7. The molecular formula is C24H29ClF2N6O3. The molecule has 2 N–H and O–H groups in total. The number of likely N-dealkylation sites (tertiary alicyclic amines) is 1. The van der Waals surface area contributed by atoms with Crippen molar-refractivity contribution in [1.29, 1.82) is 0 Å². The smallest absolute Gasteiger partial charge is 0.410 e. The lowest BCUT2D eigenvalue weighted by Gasteiger charge is -2.41. The highest BCUT2D eigenvalue weighted by Crippen LogP contribution is 2.42. The molecule has 4 rings (SSSR count). The molecule has 0 unspecified atom stereocenters. The fourth-order valence-electron chi connectivity index (χ4n) is 4.45. The van der Waals surface area contributed by atoms with Crippen LogP contribution in [0.1, 0.15) is 55.5 Å². The van der Waals surface area contributed by atoms with Crippen molar-refractivity contribution in [3.05, 3.63) is 39.8 Å². The summed E-state index contributed by atoms with van der Waals surface area (Å²) in [5.41, 5.74) is 7.63. The SMILES string of the molecule is COc1c(CCn2nc(C(F)F)c3c(N)ncnc32)cc(Cl)c(C)c1C1CN(C(=O)OC(C)(C)C)C1. The molecular weight excluding hydrogens is 494 g/mol. The maximum atomic E-state index is 13.6. The second kappa shape index (κ2) is 9.68. The molecule has 1 saturated heterocycles. The van der Waals surface area contributed by atoms with Crippen LogP contribution in [0.25, 0.3) is 11.0 Å². The van der Waals surface area contributed by atoms with Crippen LogP contribution in [-0.2, 0) is 17.7 Å². The van der Waals surface area contributed by atoms with Crippen LogP contribution in [-0.4, -0.2) is 56.5 Å². The molecule has 194 valence electrons. The number of nitrogen functional groups attached to an aromatic ring is 1. The molecule has 0 aliphatic carbocycles. The number of carbonyl (C=O) groups excluding carboxylic acids is 1. The molecule has 0 spiro atoms. The number of anilines is 1. The second-order valence-corrected chi connectivity index (χ2v) is 10.2. The summed E-state index contributed by atoms with van der Waals surface area (Å²) in [6, 6.07) is 1.81. The first-order valence-electron chi connectivity index (χ1n) is 11.5. The number of nitrogens with two attached hydrogens (primary N) is 1. The first-order valence-corrected chi connectivity index (χ1v) is 11.9. The van der Waals surface area contributed by atoms with Crippen LogP contribution in [0.15, 0.2) is 12.4 Å². The minimum absolute atomic E-state index is 0.0217. The molecule has 0 radical (unpaired) electrons. The van der Waals surface area contributed by atoms with E-state index in [0.717, 1.165) is 16.7 Å². The maximum absolute atomic E-state index is 13.6. The summed E-state index contributed by atoms with van der Waals surface area (Å²) in [6.45, 7) is 8.58. The van der Waals surface area contributed by atoms with Gasteiger partial charge in [0.1, 0.15) is 29.2 Å². The maximum Gasteiger partial charge on any atom is 0.410 e. The minimum atomic E-state index is -2.82. The fraction of sp³-hybridized carbons (Fsp3) is 0.500. The van der Waals surface area contributed by atoms with Crippen LogP contribution in [0.3, 0.4) is 0 Å². The van der Waals surface area contributed by atoms with Gasteiger partial charge in [-0.05, 0) is 51.3 Å². The van der Waals surface area contributed by atoms with Gasteiger partial charge in [0.05, 0.1) is 12.5 Å². The zero-order valence-corrected chi connectivity index (χ0v) is 21.6. The number of ether oxygens (including phenoxy) is 2. The standard InChI is InChI=1S/C24H29ClF2N6O3/c1-12-15(25)8-13(6-7-33-22-17(18(31-33)20(26)27)21(28)29-11-30-22)19(35-5)16(12)14-9-32(10-14)23(34)36-24(2,3)4/h8,11,14,20H,6-7,9-10H2,1-5H3,(H2,28,29,30). The molecule has 1 aliphatic heterocycles. The topological polar surface area (TPSA) is 108 Å².